The molecule has 9 heteroatoms. The van der Waals surface area contributed by atoms with Crippen molar-refractivity contribution in [1.29, 1.82) is 0 Å². The number of urea groups is 1. The van der Waals surface area contributed by atoms with E-state index in [1.165, 1.54) is 0 Å². The van der Waals surface area contributed by atoms with Gasteiger partial charge in [0.25, 0.3) is 5.91 Å². The summed E-state index contributed by atoms with van der Waals surface area (Å²) in [4.78, 5) is 33.3. The Hall–Kier alpha value is -4.04. The van der Waals surface area contributed by atoms with Gasteiger partial charge < -0.3 is 25.7 Å². The van der Waals surface area contributed by atoms with Gasteiger partial charge in [-0.05, 0) is 73.4 Å². The summed E-state index contributed by atoms with van der Waals surface area (Å²) in [6.07, 6.45) is 3.00. The van der Waals surface area contributed by atoms with Crippen LogP contribution in [0.1, 0.15) is 36.4 Å². The van der Waals surface area contributed by atoms with Crippen molar-refractivity contribution in [2.45, 2.75) is 32.2 Å². The highest BCUT2D eigenvalue weighted by molar-refractivity contribution is 6.30. The Balaban J connectivity index is 1.50. The fourth-order valence-corrected chi connectivity index (χ4v) is 4.43. The average molecular weight is 520 g/mol. The number of aryl methyl sites for hydroxylation is 1. The fourth-order valence-electron chi connectivity index (χ4n) is 4.30. The third-order valence-electron chi connectivity index (χ3n) is 6.07. The van der Waals surface area contributed by atoms with E-state index in [4.69, 9.17) is 16.4 Å². The minimum absolute atomic E-state index is 0.357. The molecule has 1 saturated heterocycles. The zero-order valence-corrected chi connectivity index (χ0v) is 21.6. The van der Waals surface area contributed by atoms with E-state index in [1.54, 1.807) is 43.5 Å². The Morgan fingerprint density at radius 3 is 2.41 bits per heavy atom. The van der Waals surface area contributed by atoms with E-state index >= 15 is 0 Å². The fraction of sp³-hybridized carbons (Fsp3) is 0.250. The van der Waals surface area contributed by atoms with Gasteiger partial charge in [-0.1, -0.05) is 47.1 Å². The van der Waals surface area contributed by atoms with Gasteiger partial charge in [-0.3, -0.25) is 4.79 Å². The van der Waals surface area contributed by atoms with Crippen LogP contribution in [0.2, 0.25) is 5.02 Å². The Morgan fingerprint density at radius 2 is 1.70 bits per heavy atom. The van der Waals surface area contributed by atoms with Crippen molar-refractivity contribution >= 4 is 46.4 Å². The molecular formula is C28H30ClN5O3. The Morgan fingerprint density at radius 1 is 0.973 bits per heavy atom. The number of oxime groups is 1. The van der Waals surface area contributed by atoms with Crippen LogP contribution in [0, 0.1) is 6.92 Å². The molecule has 3 N–H and O–H groups in total. The van der Waals surface area contributed by atoms with Gasteiger partial charge in [0.2, 0.25) is 0 Å². The van der Waals surface area contributed by atoms with Gasteiger partial charge in [0.15, 0.2) is 0 Å². The SMILES string of the molecule is CO/N=C1/CCCCN1c1ccc(NC(=O)[C@@H](NC(=O)Nc2ccc(Cl)cc2)c2ccccc2)cc1C. The number of piperidine rings is 1. The number of amides is 3. The lowest BCUT2D eigenvalue weighted by Gasteiger charge is -2.31. The van der Waals surface area contributed by atoms with Gasteiger partial charge in [-0.2, -0.15) is 0 Å². The maximum atomic E-state index is 13.4. The quantitative estimate of drug-likeness (QED) is 0.329. The van der Waals surface area contributed by atoms with Crippen LogP contribution in [0.3, 0.4) is 0 Å². The smallest absolute Gasteiger partial charge is 0.320 e. The summed E-state index contributed by atoms with van der Waals surface area (Å²) in [5, 5.41) is 13.2. The van der Waals surface area contributed by atoms with Gasteiger partial charge in [-0.25, -0.2) is 4.79 Å². The van der Waals surface area contributed by atoms with Gasteiger partial charge in [0.1, 0.15) is 19.0 Å². The topological polar surface area (TPSA) is 95.1 Å². The van der Waals surface area contributed by atoms with Crippen molar-refractivity contribution in [2.75, 3.05) is 29.2 Å². The number of hydrogen-bond acceptors (Lipinski definition) is 4. The second-order valence-corrected chi connectivity index (χ2v) is 9.17. The Bertz CT molecular complexity index is 1260. The molecule has 1 atom stereocenters. The lowest BCUT2D eigenvalue weighted by Crippen LogP contribution is -2.39. The normalized spacial score (nSPS) is 15.1. The summed E-state index contributed by atoms with van der Waals surface area (Å²) in [6.45, 7) is 2.86. The average Bonchev–Trinajstić information content (AvgIpc) is 2.90. The summed E-state index contributed by atoms with van der Waals surface area (Å²) in [5.41, 5.74) is 3.87. The summed E-state index contributed by atoms with van der Waals surface area (Å²) in [7, 11) is 1.55. The van der Waals surface area contributed by atoms with Crippen LogP contribution < -0.4 is 20.9 Å². The van der Waals surface area contributed by atoms with Crippen LogP contribution in [0.5, 0.6) is 0 Å². The molecule has 8 nitrogen and oxygen atoms in total. The molecule has 4 rings (SSSR count). The minimum Gasteiger partial charge on any atom is -0.398 e. The predicted octanol–water partition coefficient (Wildman–Crippen LogP) is 6.10. The monoisotopic (exact) mass is 519 g/mol. The Labute approximate surface area is 221 Å². The largest absolute Gasteiger partial charge is 0.398 e. The zero-order valence-electron chi connectivity index (χ0n) is 20.8. The molecule has 1 aliphatic rings. The van der Waals surface area contributed by atoms with Crippen molar-refractivity contribution in [3.8, 4) is 0 Å². The van der Waals surface area contributed by atoms with Crippen molar-refractivity contribution in [3.05, 3.63) is 88.9 Å². The van der Waals surface area contributed by atoms with E-state index in [1.807, 2.05) is 43.3 Å². The zero-order chi connectivity index (χ0) is 26.2. The first-order valence-electron chi connectivity index (χ1n) is 12.1. The van der Waals surface area contributed by atoms with E-state index < -0.39 is 12.1 Å². The lowest BCUT2D eigenvalue weighted by molar-refractivity contribution is -0.118. The maximum Gasteiger partial charge on any atom is 0.320 e. The number of hydrogen-bond donors (Lipinski definition) is 3. The van der Waals surface area contributed by atoms with Crippen LogP contribution in [-0.2, 0) is 9.63 Å². The number of nitrogens with one attached hydrogen (secondary N) is 3. The molecule has 0 saturated carbocycles. The molecule has 37 heavy (non-hydrogen) atoms. The molecule has 3 aromatic carbocycles. The second-order valence-electron chi connectivity index (χ2n) is 8.74. The third-order valence-corrected chi connectivity index (χ3v) is 6.32. The molecule has 0 aliphatic carbocycles. The molecule has 1 aliphatic heterocycles. The highest BCUT2D eigenvalue weighted by atomic mass is 35.5. The van der Waals surface area contributed by atoms with Crippen LogP contribution in [0.15, 0.2) is 78.0 Å². The number of rotatable bonds is 7. The molecule has 1 fully saturated rings. The molecule has 3 aromatic rings. The highest BCUT2D eigenvalue weighted by Crippen LogP contribution is 2.28. The van der Waals surface area contributed by atoms with Gasteiger partial charge in [0, 0.05) is 35.1 Å². The van der Waals surface area contributed by atoms with E-state index in [2.05, 4.69) is 26.0 Å². The number of halogens is 1. The van der Waals surface area contributed by atoms with Crippen LogP contribution in [-0.4, -0.2) is 31.4 Å². The van der Waals surface area contributed by atoms with Gasteiger partial charge >= 0.3 is 6.03 Å². The first-order chi connectivity index (χ1) is 17.9. The highest BCUT2D eigenvalue weighted by Gasteiger charge is 2.24. The lowest BCUT2D eigenvalue weighted by atomic mass is 10.0. The number of anilines is 3. The summed E-state index contributed by atoms with van der Waals surface area (Å²) in [6, 6.07) is 20.2. The third kappa shape index (κ3) is 6.80. The number of carbonyl (C=O) groups excluding carboxylic acids is 2. The number of benzene rings is 3. The van der Waals surface area contributed by atoms with Crippen LogP contribution >= 0.6 is 11.6 Å². The van der Waals surface area contributed by atoms with E-state index in [0.29, 0.717) is 22.0 Å². The van der Waals surface area contributed by atoms with Crippen molar-refractivity contribution in [1.82, 2.24) is 5.32 Å². The second kappa shape index (κ2) is 12.3. The molecule has 0 unspecified atom stereocenters. The summed E-state index contributed by atoms with van der Waals surface area (Å²) >= 11 is 5.92. The molecule has 0 spiro atoms. The molecule has 0 aromatic heterocycles. The van der Waals surface area contributed by atoms with E-state index in [-0.39, 0.29) is 5.91 Å². The number of amidine groups is 1. The van der Waals surface area contributed by atoms with Crippen molar-refractivity contribution in [3.63, 3.8) is 0 Å². The molecular weight excluding hydrogens is 490 g/mol. The number of carbonyl (C=O) groups is 2. The van der Waals surface area contributed by atoms with Gasteiger partial charge in [0.05, 0.1) is 0 Å². The molecule has 0 bridgehead atoms. The first-order valence-corrected chi connectivity index (χ1v) is 12.5. The predicted molar refractivity (Wildman–Crippen MR) is 148 cm³/mol. The molecule has 1 heterocycles. The maximum absolute atomic E-state index is 13.4. The van der Waals surface area contributed by atoms with E-state index in [0.717, 1.165) is 42.9 Å². The summed E-state index contributed by atoms with van der Waals surface area (Å²) < 4.78 is 0. The van der Waals surface area contributed by atoms with Crippen LogP contribution in [0.25, 0.3) is 0 Å². The molecule has 192 valence electrons. The molecule has 3 amide bonds. The minimum atomic E-state index is -0.906. The number of nitrogens with zero attached hydrogens (tertiary/aromatic N) is 2. The summed E-state index contributed by atoms with van der Waals surface area (Å²) in [5.74, 6) is 0.540. The first kappa shape index (κ1) is 26.0. The van der Waals surface area contributed by atoms with Crippen LogP contribution in [0.4, 0.5) is 21.9 Å². The van der Waals surface area contributed by atoms with Gasteiger partial charge in [-0.15, -0.1) is 0 Å². The van der Waals surface area contributed by atoms with Crippen molar-refractivity contribution in [2.24, 2.45) is 5.16 Å². The standard InChI is InChI=1S/C28H30ClN5O3/c1-19-18-23(15-16-24(19)34-17-7-6-10-25(34)33-37-2)30-27(35)26(20-8-4-3-5-9-20)32-28(36)31-22-13-11-21(29)12-14-22/h3-5,8-9,11-16,18,26H,6-7,10,17H2,1-2H3,(H,30,35)(H2,31,32,36)/b33-25-/t26-/m0/s1. The Kier molecular flexibility index (Phi) is 8.64. The molecule has 0 radical (unpaired) electrons. The van der Waals surface area contributed by atoms with E-state index in [9.17, 15) is 9.59 Å². The van der Waals surface area contributed by atoms with Crippen molar-refractivity contribution < 1.29 is 14.4 Å².